The number of hydrogen-bond donors (Lipinski definition) is 0. The zero-order valence-electron chi connectivity index (χ0n) is 37.3. The van der Waals surface area contributed by atoms with Crippen LogP contribution >= 0.6 is 0 Å². The van der Waals surface area contributed by atoms with E-state index in [4.69, 9.17) is 8.83 Å². The minimum Gasteiger partial charge on any atom is -0.441 e. The molecule has 0 amide bonds. The highest BCUT2D eigenvalue weighted by Crippen LogP contribution is 2.28. The van der Waals surface area contributed by atoms with E-state index in [0.29, 0.717) is 5.89 Å². The van der Waals surface area contributed by atoms with E-state index < -0.39 is 0 Å². The quantitative estimate of drug-likeness (QED) is 0.163. The minimum atomic E-state index is 0.154. The highest BCUT2D eigenvalue weighted by molar-refractivity contribution is 5.72. The summed E-state index contributed by atoms with van der Waals surface area (Å²) in [7, 11) is 0. The molecule has 0 unspecified atom stereocenters. The van der Waals surface area contributed by atoms with E-state index in [1.807, 2.05) is 161 Å². The molecule has 0 bridgehead atoms. The van der Waals surface area contributed by atoms with Gasteiger partial charge in [0.2, 0.25) is 5.89 Å². The summed E-state index contributed by atoms with van der Waals surface area (Å²) in [6.07, 6.45) is 5.48. The van der Waals surface area contributed by atoms with Crippen molar-refractivity contribution in [3.05, 3.63) is 211 Å². The standard InChI is InChI=1S/C19H21N3.C15H13N3.C12H11NO.C8H7NO/c1-14-20-21-18(22(14)17-8-6-5-7-9-17)15-10-12-16(13-11-15)19(2,3)4;1-12-16-17-15(13-8-4-2-5-9-13)18(12)14-10-6-3-7-11-14;1-2-6-12-13-9-11(14-12)10-7-4-3-5-8-10;1-6-9-7-4-2-3-5-8(7)10-6/h5-13H,1-4H3;2-11H,1H3;2-9H,1H3;2-5H,1H3/b;;6-2+;. The Kier molecular flexibility index (Phi) is 14.3. The number of allylic oxidation sites excluding steroid dienone is 1. The summed E-state index contributed by atoms with van der Waals surface area (Å²) in [6, 6.07) is 56.8. The summed E-state index contributed by atoms with van der Waals surface area (Å²) in [4.78, 5) is 8.28. The molecule has 0 N–H and O–H groups in total. The maximum Gasteiger partial charge on any atom is 0.219 e. The molecule has 0 saturated carbocycles. The first-order valence-electron chi connectivity index (χ1n) is 21.2. The van der Waals surface area contributed by atoms with Crippen LogP contribution in [0.2, 0.25) is 0 Å². The lowest BCUT2D eigenvalue weighted by Gasteiger charge is -2.19. The molecule has 0 fully saturated rings. The molecule has 10 aromatic rings. The monoisotopic (exact) mass is 844 g/mol. The number of aryl methyl sites for hydroxylation is 3. The van der Waals surface area contributed by atoms with Crippen LogP contribution < -0.4 is 0 Å². The second kappa shape index (κ2) is 20.7. The lowest BCUT2D eigenvalue weighted by Crippen LogP contribution is -2.10. The summed E-state index contributed by atoms with van der Waals surface area (Å²) in [5.74, 6) is 5.70. The van der Waals surface area contributed by atoms with Gasteiger partial charge in [0.05, 0.1) is 6.20 Å². The molecule has 64 heavy (non-hydrogen) atoms. The molecule has 0 radical (unpaired) electrons. The normalized spacial score (nSPS) is 11.0. The van der Waals surface area contributed by atoms with Gasteiger partial charge in [0, 0.05) is 35.0 Å². The zero-order chi connectivity index (χ0) is 44.9. The Bertz CT molecular complexity index is 2960. The van der Waals surface area contributed by atoms with Gasteiger partial charge in [-0.15, -0.1) is 20.4 Å². The molecular formula is C54H52N8O2. The van der Waals surface area contributed by atoms with E-state index in [0.717, 1.165) is 74.1 Å². The van der Waals surface area contributed by atoms with Crippen molar-refractivity contribution in [2.75, 3.05) is 0 Å². The molecule has 10 rings (SSSR count). The number of fused-ring (bicyclic) bond motifs is 1. The highest BCUT2D eigenvalue weighted by atomic mass is 16.4. The summed E-state index contributed by atoms with van der Waals surface area (Å²) in [5, 5.41) is 17.1. The molecule has 320 valence electrons. The highest BCUT2D eigenvalue weighted by Gasteiger charge is 2.16. The van der Waals surface area contributed by atoms with Crippen molar-refractivity contribution in [2.45, 2.75) is 53.9 Å². The molecule has 4 aromatic heterocycles. The van der Waals surface area contributed by atoms with Crippen LogP contribution in [0.15, 0.2) is 191 Å². The van der Waals surface area contributed by atoms with Crippen LogP contribution in [-0.2, 0) is 5.41 Å². The van der Waals surface area contributed by atoms with Crippen LogP contribution in [0.3, 0.4) is 0 Å². The van der Waals surface area contributed by atoms with E-state index in [9.17, 15) is 0 Å². The molecule has 0 aliphatic heterocycles. The van der Waals surface area contributed by atoms with Gasteiger partial charge in [-0.2, -0.15) is 0 Å². The van der Waals surface area contributed by atoms with Gasteiger partial charge in [0.25, 0.3) is 0 Å². The molecule has 10 heteroatoms. The Labute approximate surface area is 374 Å². The van der Waals surface area contributed by atoms with Crippen LogP contribution in [-0.4, -0.2) is 39.5 Å². The van der Waals surface area contributed by atoms with Crippen LogP contribution in [0.4, 0.5) is 0 Å². The molecule has 0 atom stereocenters. The minimum absolute atomic E-state index is 0.154. The zero-order valence-corrected chi connectivity index (χ0v) is 37.3. The van der Waals surface area contributed by atoms with Crippen LogP contribution in [0.1, 0.15) is 56.7 Å². The third kappa shape index (κ3) is 11.1. The SMILES string of the molecule is C/C=C/c1ncc(-c2ccccc2)o1.Cc1nc2ccccc2o1.Cc1nnc(-c2ccc(C(C)(C)C)cc2)n1-c1ccccc1.Cc1nnc(-c2ccccc2)n1-c1ccccc1. The number of nitrogens with zero attached hydrogens (tertiary/aromatic N) is 8. The summed E-state index contributed by atoms with van der Waals surface area (Å²) >= 11 is 0. The molecule has 0 aliphatic rings. The maximum absolute atomic E-state index is 5.51. The summed E-state index contributed by atoms with van der Waals surface area (Å²) in [6.45, 7) is 14.4. The van der Waals surface area contributed by atoms with Gasteiger partial charge in [0.1, 0.15) is 17.2 Å². The number of para-hydroxylation sites is 4. The number of rotatable bonds is 6. The predicted molar refractivity (Wildman–Crippen MR) is 257 cm³/mol. The number of benzene rings is 6. The van der Waals surface area contributed by atoms with E-state index >= 15 is 0 Å². The fourth-order valence-corrected chi connectivity index (χ4v) is 6.81. The predicted octanol–water partition coefficient (Wildman–Crippen LogP) is 13.3. The van der Waals surface area contributed by atoms with E-state index in [-0.39, 0.29) is 5.41 Å². The Morgan fingerprint density at radius 1 is 0.500 bits per heavy atom. The van der Waals surface area contributed by atoms with Crippen molar-refractivity contribution in [3.8, 4) is 45.5 Å². The molecule has 0 spiro atoms. The lowest BCUT2D eigenvalue weighted by atomic mass is 9.87. The number of oxazole rings is 2. The maximum atomic E-state index is 5.51. The van der Waals surface area contributed by atoms with Gasteiger partial charge >= 0.3 is 0 Å². The lowest BCUT2D eigenvalue weighted by molar-refractivity contribution is 0.560. The third-order valence-corrected chi connectivity index (χ3v) is 10.0. The first kappa shape index (κ1) is 44.1. The van der Waals surface area contributed by atoms with Crippen molar-refractivity contribution >= 4 is 17.2 Å². The van der Waals surface area contributed by atoms with Gasteiger partial charge in [-0.1, -0.05) is 160 Å². The topological polar surface area (TPSA) is 113 Å². The average Bonchev–Trinajstić information content (AvgIpc) is 4.14. The fourth-order valence-electron chi connectivity index (χ4n) is 6.81. The molecule has 10 nitrogen and oxygen atoms in total. The average molecular weight is 845 g/mol. The molecular weight excluding hydrogens is 793 g/mol. The smallest absolute Gasteiger partial charge is 0.219 e. The van der Waals surface area contributed by atoms with Crippen LogP contribution in [0.5, 0.6) is 0 Å². The van der Waals surface area contributed by atoms with Crippen molar-refractivity contribution in [1.29, 1.82) is 0 Å². The summed E-state index contributed by atoms with van der Waals surface area (Å²) < 4.78 is 14.9. The largest absolute Gasteiger partial charge is 0.441 e. The van der Waals surface area contributed by atoms with Gasteiger partial charge in [-0.05, 0) is 74.2 Å². The second-order valence-electron chi connectivity index (χ2n) is 15.8. The summed E-state index contributed by atoms with van der Waals surface area (Å²) in [5.41, 5.74) is 8.63. The van der Waals surface area contributed by atoms with Gasteiger partial charge in [0.15, 0.2) is 28.9 Å². The Balaban J connectivity index is 0.000000132. The van der Waals surface area contributed by atoms with Crippen molar-refractivity contribution in [2.24, 2.45) is 0 Å². The molecule has 6 aromatic carbocycles. The van der Waals surface area contributed by atoms with Crippen molar-refractivity contribution in [3.63, 3.8) is 0 Å². The second-order valence-corrected chi connectivity index (χ2v) is 15.8. The van der Waals surface area contributed by atoms with E-state index in [1.54, 1.807) is 6.20 Å². The third-order valence-electron chi connectivity index (χ3n) is 10.0. The Morgan fingerprint density at radius 3 is 1.47 bits per heavy atom. The van der Waals surface area contributed by atoms with Gasteiger partial charge in [-0.3, -0.25) is 9.13 Å². The first-order chi connectivity index (χ1) is 31.1. The van der Waals surface area contributed by atoms with E-state index in [1.165, 1.54) is 5.56 Å². The van der Waals surface area contributed by atoms with Crippen LogP contribution in [0.25, 0.3) is 62.6 Å². The number of aromatic nitrogens is 8. The van der Waals surface area contributed by atoms with Crippen LogP contribution in [0, 0.1) is 20.8 Å². The fraction of sp³-hybridized carbons (Fsp3) is 0.148. The van der Waals surface area contributed by atoms with Gasteiger partial charge < -0.3 is 8.83 Å². The van der Waals surface area contributed by atoms with Crippen molar-refractivity contribution in [1.82, 2.24) is 39.5 Å². The van der Waals surface area contributed by atoms with Crippen molar-refractivity contribution < 1.29 is 8.83 Å². The first-order valence-corrected chi connectivity index (χ1v) is 21.2. The van der Waals surface area contributed by atoms with Gasteiger partial charge in [-0.25, -0.2) is 9.97 Å². The molecule has 0 saturated heterocycles. The van der Waals surface area contributed by atoms with E-state index in [2.05, 4.69) is 109 Å². The molecule has 4 heterocycles. The Hall–Kier alpha value is -7.98. The molecule has 0 aliphatic carbocycles. The number of hydrogen-bond acceptors (Lipinski definition) is 8. The Morgan fingerprint density at radius 2 is 0.969 bits per heavy atom.